The van der Waals surface area contributed by atoms with Crippen molar-refractivity contribution in [3.8, 4) is 5.75 Å². The molecule has 0 radical (unpaired) electrons. The molecule has 1 heterocycles. The molecule has 100 valence electrons. The standard InChI is InChI=1S/C14H20O4/c1-10(2)16-7-8-17-13-9-18-12-6-4-3-5-11(12)14(13)15/h3-6,10,13-15H,7-9H2,1-2H3. The molecule has 0 aliphatic carbocycles. The Morgan fingerprint density at radius 2 is 2.11 bits per heavy atom. The van der Waals surface area contributed by atoms with Crippen LogP contribution < -0.4 is 4.74 Å². The van der Waals surface area contributed by atoms with Crippen LogP contribution in [0.2, 0.25) is 0 Å². The normalized spacial score (nSPS) is 22.7. The van der Waals surface area contributed by atoms with E-state index in [4.69, 9.17) is 14.2 Å². The van der Waals surface area contributed by atoms with Gasteiger partial charge in [-0.3, -0.25) is 0 Å². The van der Waals surface area contributed by atoms with Crippen molar-refractivity contribution in [3.05, 3.63) is 29.8 Å². The van der Waals surface area contributed by atoms with Crippen LogP contribution in [0.15, 0.2) is 24.3 Å². The average Bonchev–Trinajstić information content (AvgIpc) is 2.37. The minimum atomic E-state index is -0.631. The third-order valence-electron chi connectivity index (χ3n) is 2.86. The van der Waals surface area contributed by atoms with Gasteiger partial charge >= 0.3 is 0 Å². The Hall–Kier alpha value is -1.10. The number of aliphatic hydroxyl groups is 1. The van der Waals surface area contributed by atoms with E-state index in [0.717, 1.165) is 11.3 Å². The van der Waals surface area contributed by atoms with E-state index >= 15 is 0 Å². The first kappa shape index (κ1) is 13.3. The van der Waals surface area contributed by atoms with Gasteiger partial charge in [0.25, 0.3) is 0 Å². The van der Waals surface area contributed by atoms with E-state index in [1.807, 2.05) is 38.1 Å². The molecule has 18 heavy (non-hydrogen) atoms. The minimum Gasteiger partial charge on any atom is -0.490 e. The van der Waals surface area contributed by atoms with Gasteiger partial charge in [-0.2, -0.15) is 0 Å². The lowest BCUT2D eigenvalue weighted by Crippen LogP contribution is -2.34. The zero-order chi connectivity index (χ0) is 13.0. The summed E-state index contributed by atoms with van der Waals surface area (Å²) in [6, 6.07) is 7.50. The van der Waals surface area contributed by atoms with E-state index in [2.05, 4.69) is 0 Å². The summed E-state index contributed by atoms with van der Waals surface area (Å²) in [6.07, 6.45) is -0.758. The van der Waals surface area contributed by atoms with Gasteiger partial charge in [-0.25, -0.2) is 0 Å². The fraction of sp³-hybridized carbons (Fsp3) is 0.571. The summed E-state index contributed by atoms with van der Waals surface area (Å²) in [5.41, 5.74) is 0.790. The van der Waals surface area contributed by atoms with E-state index in [9.17, 15) is 5.11 Å². The molecule has 1 N–H and O–H groups in total. The molecule has 2 rings (SSSR count). The highest BCUT2D eigenvalue weighted by atomic mass is 16.6. The summed E-state index contributed by atoms with van der Waals surface area (Å²) in [7, 11) is 0. The summed E-state index contributed by atoms with van der Waals surface area (Å²) in [5.74, 6) is 0.739. The molecule has 1 aliphatic heterocycles. The fourth-order valence-electron chi connectivity index (χ4n) is 1.94. The molecule has 0 amide bonds. The van der Waals surface area contributed by atoms with Crippen LogP contribution in [-0.4, -0.2) is 37.1 Å². The lowest BCUT2D eigenvalue weighted by molar-refractivity contribution is -0.0892. The highest BCUT2D eigenvalue weighted by Gasteiger charge is 2.29. The van der Waals surface area contributed by atoms with Crippen molar-refractivity contribution in [2.24, 2.45) is 0 Å². The van der Waals surface area contributed by atoms with Gasteiger partial charge in [-0.05, 0) is 19.9 Å². The largest absolute Gasteiger partial charge is 0.490 e. The Kier molecular flexibility index (Phi) is 4.58. The quantitative estimate of drug-likeness (QED) is 0.813. The number of aliphatic hydroxyl groups excluding tert-OH is 1. The van der Waals surface area contributed by atoms with Crippen LogP contribution in [0.3, 0.4) is 0 Å². The van der Waals surface area contributed by atoms with Crippen LogP contribution in [-0.2, 0) is 9.47 Å². The molecule has 1 aromatic rings. The number of benzene rings is 1. The third-order valence-corrected chi connectivity index (χ3v) is 2.86. The van der Waals surface area contributed by atoms with E-state index < -0.39 is 6.10 Å². The molecule has 0 spiro atoms. The average molecular weight is 252 g/mol. The van der Waals surface area contributed by atoms with Gasteiger partial charge in [-0.15, -0.1) is 0 Å². The molecular formula is C14H20O4. The topological polar surface area (TPSA) is 47.9 Å². The zero-order valence-corrected chi connectivity index (χ0v) is 10.8. The van der Waals surface area contributed by atoms with E-state index in [1.165, 1.54) is 0 Å². The van der Waals surface area contributed by atoms with Gasteiger partial charge in [0.1, 0.15) is 24.6 Å². The highest BCUT2D eigenvalue weighted by molar-refractivity contribution is 5.37. The smallest absolute Gasteiger partial charge is 0.125 e. The first-order valence-corrected chi connectivity index (χ1v) is 6.31. The van der Waals surface area contributed by atoms with E-state index in [1.54, 1.807) is 0 Å². The van der Waals surface area contributed by atoms with Gasteiger partial charge in [-0.1, -0.05) is 18.2 Å². The van der Waals surface area contributed by atoms with Crippen LogP contribution in [0.5, 0.6) is 5.75 Å². The zero-order valence-electron chi connectivity index (χ0n) is 10.8. The SMILES string of the molecule is CC(C)OCCOC1COc2ccccc2C1O. The lowest BCUT2D eigenvalue weighted by atomic mass is 10.0. The number of fused-ring (bicyclic) bond motifs is 1. The molecule has 4 heteroatoms. The monoisotopic (exact) mass is 252 g/mol. The maximum atomic E-state index is 10.2. The number of hydrogen-bond acceptors (Lipinski definition) is 4. The molecule has 0 aromatic heterocycles. The van der Waals surface area contributed by atoms with Crippen LogP contribution in [0.4, 0.5) is 0 Å². The van der Waals surface area contributed by atoms with Gasteiger partial charge in [0.15, 0.2) is 0 Å². The molecule has 2 unspecified atom stereocenters. The Balaban J connectivity index is 1.85. The maximum absolute atomic E-state index is 10.2. The summed E-state index contributed by atoms with van der Waals surface area (Å²) in [5, 5.41) is 10.2. The molecule has 4 nitrogen and oxygen atoms in total. The van der Waals surface area contributed by atoms with Crippen molar-refractivity contribution in [2.45, 2.75) is 32.2 Å². The molecule has 1 aliphatic rings. The molecule has 0 saturated carbocycles. The Morgan fingerprint density at radius 1 is 1.33 bits per heavy atom. The molecule has 1 aromatic carbocycles. The van der Waals surface area contributed by atoms with Gasteiger partial charge in [0, 0.05) is 5.56 Å². The van der Waals surface area contributed by atoms with Crippen molar-refractivity contribution in [1.29, 1.82) is 0 Å². The number of hydrogen-bond donors (Lipinski definition) is 1. The molecular weight excluding hydrogens is 232 g/mol. The van der Waals surface area contributed by atoms with Gasteiger partial charge in [0.05, 0.1) is 19.3 Å². The lowest BCUT2D eigenvalue weighted by Gasteiger charge is -2.30. The molecule has 2 atom stereocenters. The molecule has 0 saturated heterocycles. The maximum Gasteiger partial charge on any atom is 0.125 e. The predicted molar refractivity (Wildman–Crippen MR) is 67.7 cm³/mol. The second-order valence-electron chi connectivity index (χ2n) is 4.62. The van der Waals surface area contributed by atoms with Crippen molar-refractivity contribution in [2.75, 3.05) is 19.8 Å². The first-order valence-electron chi connectivity index (χ1n) is 6.31. The van der Waals surface area contributed by atoms with Gasteiger partial charge < -0.3 is 19.3 Å². The molecule has 0 fully saturated rings. The van der Waals surface area contributed by atoms with Crippen molar-refractivity contribution in [1.82, 2.24) is 0 Å². The second kappa shape index (κ2) is 6.18. The third kappa shape index (κ3) is 3.22. The second-order valence-corrected chi connectivity index (χ2v) is 4.62. The molecule has 0 bridgehead atoms. The minimum absolute atomic E-state index is 0.196. The predicted octanol–water partition coefficient (Wildman–Crippen LogP) is 1.92. The number of ether oxygens (including phenoxy) is 3. The number of para-hydroxylation sites is 1. The summed E-state index contributed by atoms with van der Waals surface area (Å²) in [4.78, 5) is 0. The Bertz CT molecular complexity index is 378. The van der Waals surface area contributed by atoms with Crippen LogP contribution in [0, 0.1) is 0 Å². The summed E-state index contributed by atoms with van der Waals surface area (Å²) in [6.45, 7) is 5.33. The summed E-state index contributed by atoms with van der Waals surface area (Å²) < 4.78 is 16.6. The highest BCUT2D eigenvalue weighted by Crippen LogP contribution is 2.32. The number of rotatable bonds is 5. The van der Waals surface area contributed by atoms with Crippen LogP contribution in [0.1, 0.15) is 25.5 Å². The Morgan fingerprint density at radius 3 is 2.89 bits per heavy atom. The van der Waals surface area contributed by atoms with Crippen molar-refractivity contribution < 1.29 is 19.3 Å². The van der Waals surface area contributed by atoms with Crippen molar-refractivity contribution in [3.63, 3.8) is 0 Å². The van der Waals surface area contributed by atoms with Gasteiger partial charge in [0.2, 0.25) is 0 Å². The van der Waals surface area contributed by atoms with Crippen LogP contribution in [0.25, 0.3) is 0 Å². The summed E-state index contributed by atoms with van der Waals surface area (Å²) >= 11 is 0. The van der Waals surface area contributed by atoms with Crippen molar-refractivity contribution >= 4 is 0 Å². The first-order chi connectivity index (χ1) is 8.68. The Labute approximate surface area is 107 Å². The fourth-order valence-corrected chi connectivity index (χ4v) is 1.94. The van der Waals surface area contributed by atoms with Crippen LogP contribution >= 0.6 is 0 Å². The van der Waals surface area contributed by atoms with E-state index in [0.29, 0.717) is 19.8 Å². The van der Waals surface area contributed by atoms with E-state index in [-0.39, 0.29) is 12.2 Å².